The summed E-state index contributed by atoms with van der Waals surface area (Å²) in [6.07, 6.45) is 4.85. The van der Waals surface area contributed by atoms with Gasteiger partial charge in [-0.15, -0.1) is 0 Å². The Morgan fingerprint density at radius 2 is 1.37 bits per heavy atom. The summed E-state index contributed by atoms with van der Waals surface area (Å²) in [7, 11) is -12.6. The molecular weight excluding hydrogens is 469 g/mol. The highest BCUT2D eigenvalue weighted by atomic mass is 32.3. The fourth-order valence-corrected chi connectivity index (χ4v) is 5.39. The molecule has 30 heavy (non-hydrogen) atoms. The van der Waals surface area contributed by atoms with Gasteiger partial charge in [0.2, 0.25) is 0 Å². The van der Waals surface area contributed by atoms with E-state index in [2.05, 4.69) is 0 Å². The fraction of sp³-hybridized carbons (Fsp3) is 0.467. The van der Waals surface area contributed by atoms with Gasteiger partial charge >= 0.3 is 15.5 Å². The number of anilines is 1. The third kappa shape index (κ3) is 4.88. The van der Waals surface area contributed by atoms with Crippen molar-refractivity contribution in [3.63, 3.8) is 0 Å². The molecule has 2 rings (SSSR count). The van der Waals surface area contributed by atoms with Crippen LogP contribution in [0.15, 0.2) is 17.0 Å². The number of sulfonamides is 2. The van der Waals surface area contributed by atoms with Gasteiger partial charge in [-0.25, -0.2) is 34.4 Å². The number of rotatable bonds is 4. The molecule has 0 fully saturated rings. The van der Waals surface area contributed by atoms with E-state index in [9.17, 15) is 47.6 Å². The topological polar surface area (TPSA) is 83.5 Å². The van der Waals surface area contributed by atoms with E-state index >= 15 is 0 Å². The molecule has 0 bridgehead atoms. The Kier molecular flexibility index (Phi) is 7.08. The van der Waals surface area contributed by atoms with E-state index in [1.807, 2.05) is 0 Å². The molecule has 1 N–H and O–H groups in total. The van der Waals surface area contributed by atoms with E-state index in [0.29, 0.717) is 12.8 Å². The van der Waals surface area contributed by atoms with Crippen molar-refractivity contribution < 1.29 is 47.6 Å². The zero-order valence-electron chi connectivity index (χ0n) is 14.9. The van der Waals surface area contributed by atoms with E-state index in [-0.39, 0.29) is 30.1 Å². The van der Waals surface area contributed by atoms with Crippen molar-refractivity contribution in [1.82, 2.24) is 4.13 Å². The maximum atomic E-state index is 14.5. The van der Waals surface area contributed by atoms with Gasteiger partial charge in [0.15, 0.2) is 23.3 Å². The average Bonchev–Trinajstić information content (AvgIpc) is 2.74. The van der Waals surface area contributed by atoms with Crippen molar-refractivity contribution in [3.8, 4) is 0 Å². The standard InChI is InChI=1S/C15H15F7N2O4S2/c16-9-10(17)12(19)14(29(25,26)23-30(27,28)15(20,21)22)13(11(9)18)24-7-5-3-1-2-4-6-8-24/h1,3,23H,2,4-8H2/b3-1-. The summed E-state index contributed by atoms with van der Waals surface area (Å²) in [5.74, 6) is -9.74. The molecular formula is C15H15F7N2O4S2. The zero-order chi connectivity index (χ0) is 22.9. The molecule has 1 aromatic carbocycles. The highest BCUT2D eigenvalue weighted by Crippen LogP contribution is 2.36. The van der Waals surface area contributed by atoms with Gasteiger partial charge < -0.3 is 4.90 Å². The molecule has 0 radical (unpaired) electrons. The minimum Gasteiger partial charge on any atom is -0.368 e. The third-order valence-electron chi connectivity index (χ3n) is 4.09. The second-order valence-electron chi connectivity index (χ2n) is 6.21. The molecule has 0 spiro atoms. The highest BCUT2D eigenvalue weighted by Gasteiger charge is 2.50. The Balaban J connectivity index is 2.73. The SMILES string of the molecule is O=S(=O)(NS(=O)(=O)C(F)(F)F)c1c(F)c(F)c(F)c(F)c1N1CC/C=C\CCCC1. The van der Waals surface area contributed by atoms with Crippen LogP contribution in [0.1, 0.15) is 25.7 Å². The smallest absolute Gasteiger partial charge is 0.368 e. The Labute approximate surface area is 167 Å². The molecule has 0 atom stereocenters. The number of hydrogen-bond acceptors (Lipinski definition) is 5. The molecule has 0 aliphatic carbocycles. The van der Waals surface area contributed by atoms with Gasteiger partial charge in [0, 0.05) is 13.1 Å². The van der Waals surface area contributed by atoms with Gasteiger partial charge in [-0.3, -0.25) is 0 Å². The van der Waals surface area contributed by atoms with Crippen molar-refractivity contribution >= 4 is 25.7 Å². The van der Waals surface area contributed by atoms with Gasteiger partial charge in [0.1, 0.15) is 4.90 Å². The van der Waals surface area contributed by atoms with Crippen LogP contribution in [-0.2, 0) is 20.0 Å². The van der Waals surface area contributed by atoms with Crippen LogP contribution in [0.5, 0.6) is 0 Å². The summed E-state index contributed by atoms with van der Waals surface area (Å²) in [4.78, 5) is -1.26. The first-order chi connectivity index (χ1) is 13.7. The van der Waals surface area contributed by atoms with Crippen molar-refractivity contribution in [2.75, 3.05) is 18.0 Å². The first kappa shape index (κ1) is 24.4. The second-order valence-corrected chi connectivity index (χ2v) is 9.76. The summed E-state index contributed by atoms with van der Waals surface area (Å²) in [5, 5.41) is 0. The summed E-state index contributed by atoms with van der Waals surface area (Å²) < 4.78 is 141. The lowest BCUT2D eigenvalue weighted by atomic mass is 10.2. The molecule has 170 valence electrons. The van der Waals surface area contributed by atoms with Crippen LogP contribution in [0, 0.1) is 23.3 Å². The first-order valence-corrected chi connectivity index (χ1v) is 11.3. The quantitative estimate of drug-likeness (QED) is 0.307. The van der Waals surface area contributed by atoms with E-state index in [4.69, 9.17) is 0 Å². The largest absolute Gasteiger partial charge is 0.512 e. The Hall–Kier alpha value is -1.87. The van der Waals surface area contributed by atoms with E-state index in [1.54, 1.807) is 12.2 Å². The molecule has 0 aromatic heterocycles. The number of alkyl halides is 3. The molecule has 0 saturated carbocycles. The molecule has 1 aliphatic heterocycles. The number of nitrogens with one attached hydrogen (secondary N) is 1. The lowest BCUT2D eigenvalue weighted by molar-refractivity contribution is -0.0441. The summed E-state index contributed by atoms with van der Waals surface area (Å²) >= 11 is 0. The van der Waals surface area contributed by atoms with Crippen molar-refractivity contribution in [1.29, 1.82) is 0 Å². The minimum atomic E-state index is -6.60. The van der Waals surface area contributed by atoms with Crippen LogP contribution in [0.3, 0.4) is 0 Å². The average molecular weight is 484 g/mol. The summed E-state index contributed by atoms with van der Waals surface area (Å²) in [6, 6.07) is 0. The number of nitrogens with zero attached hydrogens (tertiary/aromatic N) is 1. The molecule has 1 aromatic rings. The number of allylic oxidation sites excluding steroid dienone is 1. The summed E-state index contributed by atoms with van der Waals surface area (Å²) in [6.45, 7) is -0.413. The van der Waals surface area contributed by atoms with Crippen LogP contribution in [0.4, 0.5) is 36.4 Å². The molecule has 1 aliphatic rings. The van der Waals surface area contributed by atoms with Crippen LogP contribution in [0.2, 0.25) is 0 Å². The second kappa shape index (κ2) is 8.70. The predicted octanol–water partition coefficient (Wildman–Crippen LogP) is 3.31. The van der Waals surface area contributed by atoms with Crippen molar-refractivity contribution in [2.24, 2.45) is 0 Å². The van der Waals surface area contributed by atoms with Crippen LogP contribution in [-0.4, -0.2) is 35.4 Å². The first-order valence-electron chi connectivity index (χ1n) is 8.31. The van der Waals surface area contributed by atoms with E-state index in [1.165, 1.54) is 0 Å². The van der Waals surface area contributed by atoms with Crippen molar-refractivity contribution in [3.05, 3.63) is 35.4 Å². The van der Waals surface area contributed by atoms with Gasteiger partial charge in [-0.1, -0.05) is 16.3 Å². The molecule has 6 nitrogen and oxygen atoms in total. The van der Waals surface area contributed by atoms with Gasteiger partial charge in [0.05, 0.1) is 5.69 Å². The van der Waals surface area contributed by atoms with Gasteiger partial charge in [-0.2, -0.15) is 13.2 Å². The lowest BCUT2D eigenvalue weighted by Crippen LogP contribution is -2.41. The van der Waals surface area contributed by atoms with E-state index in [0.717, 1.165) is 4.90 Å². The normalized spacial score (nSPS) is 17.9. The van der Waals surface area contributed by atoms with Crippen LogP contribution < -0.4 is 9.03 Å². The monoisotopic (exact) mass is 484 g/mol. The number of halogens is 7. The van der Waals surface area contributed by atoms with Gasteiger partial charge in [0.25, 0.3) is 10.0 Å². The molecule has 15 heteroatoms. The number of hydrogen-bond donors (Lipinski definition) is 1. The number of benzene rings is 1. The predicted molar refractivity (Wildman–Crippen MR) is 91.4 cm³/mol. The Morgan fingerprint density at radius 3 is 1.97 bits per heavy atom. The maximum Gasteiger partial charge on any atom is 0.512 e. The molecule has 1 heterocycles. The van der Waals surface area contributed by atoms with Crippen molar-refractivity contribution in [2.45, 2.75) is 36.1 Å². The maximum absolute atomic E-state index is 14.5. The Bertz CT molecular complexity index is 1050. The molecule has 0 amide bonds. The minimum absolute atomic E-state index is 0.133. The zero-order valence-corrected chi connectivity index (χ0v) is 16.6. The van der Waals surface area contributed by atoms with E-state index < -0.39 is 59.4 Å². The molecule has 0 saturated heterocycles. The lowest BCUT2D eigenvalue weighted by Gasteiger charge is -2.27. The van der Waals surface area contributed by atoms with Gasteiger partial charge in [-0.05, 0) is 25.7 Å². The summed E-state index contributed by atoms with van der Waals surface area (Å²) in [5.41, 5.74) is -7.52. The molecule has 0 unspecified atom stereocenters. The Morgan fingerprint density at radius 1 is 0.800 bits per heavy atom. The van der Waals surface area contributed by atoms with Crippen LogP contribution >= 0.6 is 0 Å². The fourth-order valence-electron chi connectivity index (χ4n) is 2.73. The van der Waals surface area contributed by atoms with Crippen LogP contribution in [0.25, 0.3) is 0 Å². The highest BCUT2D eigenvalue weighted by molar-refractivity contribution is 8.05. The third-order valence-corrected chi connectivity index (χ3v) is 7.37.